The van der Waals surface area contributed by atoms with Gasteiger partial charge in [0.1, 0.15) is 17.1 Å². The standard InChI is InChI=1S/C25H17ClFNO6/c1-13(24(30)28-16-4-2-3-14(9-16)25(31)32)33-17-6-8-19-20(12-23(29)34-22(19)11-17)18-7-5-15(27)10-21(18)26/h2-13H,1H3,(H,28,30)(H,31,32). The van der Waals surface area contributed by atoms with E-state index >= 15 is 0 Å². The number of fused-ring (bicyclic) bond motifs is 1. The van der Waals surface area contributed by atoms with E-state index in [9.17, 15) is 18.8 Å². The van der Waals surface area contributed by atoms with E-state index in [0.717, 1.165) is 6.07 Å². The van der Waals surface area contributed by atoms with E-state index < -0.39 is 29.4 Å². The van der Waals surface area contributed by atoms with E-state index in [1.165, 1.54) is 49.4 Å². The monoisotopic (exact) mass is 481 g/mol. The van der Waals surface area contributed by atoms with Crippen LogP contribution in [-0.2, 0) is 4.79 Å². The number of rotatable bonds is 6. The Kier molecular flexibility index (Phi) is 6.34. The van der Waals surface area contributed by atoms with Crippen molar-refractivity contribution in [2.45, 2.75) is 13.0 Å². The largest absolute Gasteiger partial charge is 0.481 e. The van der Waals surface area contributed by atoms with Gasteiger partial charge in [-0.15, -0.1) is 0 Å². The van der Waals surface area contributed by atoms with Crippen molar-refractivity contribution in [3.63, 3.8) is 0 Å². The highest BCUT2D eigenvalue weighted by atomic mass is 35.5. The van der Waals surface area contributed by atoms with E-state index in [4.69, 9.17) is 25.9 Å². The van der Waals surface area contributed by atoms with E-state index in [-0.39, 0.29) is 21.9 Å². The van der Waals surface area contributed by atoms with Crippen molar-refractivity contribution in [1.82, 2.24) is 0 Å². The first-order valence-corrected chi connectivity index (χ1v) is 10.4. The van der Waals surface area contributed by atoms with Gasteiger partial charge in [0.25, 0.3) is 5.91 Å². The van der Waals surface area contributed by atoms with Crippen LogP contribution in [0.3, 0.4) is 0 Å². The minimum atomic E-state index is -1.11. The minimum absolute atomic E-state index is 0.0352. The van der Waals surface area contributed by atoms with Crippen LogP contribution in [0.2, 0.25) is 5.02 Å². The van der Waals surface area contributed by atoms with Crippen LogP contribution in [0.15, 0.2) is 75.9 Å². The molecule has 1 heterocycles. The molecule has 4 rings (SSSR count). The van der Waals surface area contributed by atoms with Crippen molar-refractivity contribution in [1.29, 1.82) is 0 Å². The van der Waals surface area contributed by atoms with Crippen molar-refractivity contribution in [3.8, 4) is 16.9 Å². The van der Waals surface area contributed by atoms with Crippen LogP contribution in [0, 0.1) is 5.82 Å². The zero-order chi connectivity index (χ0) is 24.4. The van der Waals surface area contributed by atoms with E-state index in [0.29, 0.717) is 22.2 Å². The summed E-state index contributed by atoms with van der Waals surface area (Å²) in [7, 11) is 0. The van der Waals surface area contributed by atoms with Crippen molar-refractivity contribution in [3.05, 3.63) is 93.6 Å². The number of carboxylic acid groups (broad SMARTS) is 1. The van der Waals surface area contributed by atoms with Crippen LogP contribution < -0.4 is 15.7 Å². The quantitative estimate of drug-likeness (QED) is 0.359. The lowest BCUT2D eigenvalue weighted by Gasteiger charge is -2.15. The molecule has 0 saturated heterocycles. The Labute approximate surface area is 197 Å². The van der Waals surface area contributed by atoms with E-state index in [1.54, 1.807) is 18.2 Å². The molecule has 1 unspecified atom stereocenters. The highest BCUT2D eigenvalue weighted by Crippen LogP contribution is 2.34. The number of anilines is 1. The van der Waals surface area contributed by atoms with Crippen LogP contribution in [0.1, 0.15) is 17.3 Å². The van der Waals surface area contributed by atoms with Crippen molar-refractivity contribution in [2.24, 2.45) is 0 Å². The van der Waals surface area contributed by atoms with Crippen LogP contribution >= 0.6 is 11.6 Å². The lowest BCUT2D eigenvalue weighted by molar-refractivity contribution is -0.122. The number of carboxylic acids is 1. The summed E-state index contributed by atoms with van der Waals surface area (Å²) < 4.78 is 24.4. The van der Waals surface area contributed by atoms with Gasteiger partial charge in [-0.2, -0.15) is 0 Å². The lowest BCUT2D eigenvalue weighted by Crippen LogP contribution is -2.30. The Hall–Kier alpha value is -4.17. The van der Waals surface area contributed by atoms with Gasteiger partial charge in [-0.05, 0) is 55.5 Å². The third-order valence-electron chi connectivity index (χ3n) is 5.00. The number of hydrogen-bond acceptors (Lipinski definition) is 5. The number of amides is 1. The van der Waals surface area contributed by atoms with Gasteiger partial charge >= 0.3 is 11.6 Å². The van der Waals surface area contributed by atoms with E-state index in [2.05, 4.69) is 5.32 Å². The summed E-state index contributed by atoms with van der Waals surface area (Å²) in [6.07, 6.45) is -0.951. The second-order valence-corrected chi connectivity index (χ2v) is 7.80. The molecule has 0 aliphatic heterocycles. The first-order chi connectivity index (χ1) is 16.2. The third kappa shape index (κ3) is 4.92. The molecule has 9 heteroatoms. The fourth-order valence-electron chi connectivity index (χ4n) is 3.38. The first kappa shape index (κ1) is 23.0. The predicted molar refractivity (Wildman–Crippen MR) is 125 cm³/mol. The molecular formula is C25H17ClFNO6. The van der Waals surface area contributed by atoms with Gasteiger partial charge in [0.05, 0.1) is 10.6 Å². The molecule has 0 saturated carbocycles. The van der Waals surface area contributed by atoms with Crippen LogP contribution in [0.5, 0.6) is 5.75 Å². The molecule has 3 aromatic carbocycles. The maximum atomic E-state index is 13.4. The Morgan fingerprint density at radius 3 is 2.59 bits per heavy atom. The molecule has 4 aromatic rings. The molecule has 172 valence electrons. The number of aromatic carboxylic acids is 1. The molecule has 0 aliphatic carbocycles. The van der Waals surface area contributed by atoms with E-state index in [1.807, 2.05) is 0 Å². The number of benzene rings is 3. The molecule has 0 radical (unpaired) electrons. The minimum Gasteiger partial charge on any atom is -0.481 e. The molecule has 1 atom stereocenters. The number of nitrogens with one attached hydrogen (secondary N) is 1. The zero-order valence-electron chi connectivity index (χ0n) is 17.7. The summed E-state index contributed by atoms with van der Waals surface area (Å²) in [6, 6.07) is 15.7. The molecule has 0 bridgehead atoms. The molecule has 0 aliphatic rings. The Balaban J connectivity index is 1.58. The predicted octanol–water partition coefficient (Wildman–Crippen LogP) is 5.36. The van der Waals surface area contributed by atoms with Crippen LogP contribution in [-0.4, -0.2) is 23.1 Å². The van der Waals surface area contributed by atoms with Gasteiger partial charge in [-0.25, -0.2) is 14.0 Å². The molecule has 2 N–H and O–H groups in total. The summed E-state index contributed by atoms with van der Waals surface area (Å²) in [5.41, 5.74) is 0.836. The normalized spacial score (nSPS) is 11.7. The van der Waals surface area contributed by atoms with Gasteiger partial charge < -0.3 is 19.6 Å². The Bertz CT molecular complexity index is 1480. The topological polar surface area (TPSA) is 106 Å². The van der Waals surface area contributed by atoms with Crippen molar-refractivity contribution in [2.75, 3.05) is 5.32 Å². The summed E-state index contributed by atoms with van der Waals surface area (Å²) >= 11 is 6.17. The summed E-state index contributed by atoms with van der Waals surface area (Å²) in [5.74, 6) is -1.85. The van der Waals surface area contributed by atoms with Gasteiger partial charge in [-0.1, -0.05) is 17.7 Å². The maximum absolute atomic E-state index is 13.4. The third-order valence-corrected chi connectivity index (χ3v) is 5.31. The molecule has 1 amide bonds. The smallest absolute Gasteiger partial charge is 0.336 e. The van der Waals surface area contributed by atoms with Gasteiger partial charge in [-0.3, -0.25) is 4.79 Å². The van der Waals surface area contributed by atoms with Gasteiger partial charge in [0.15, 0.2) is 6.10 Å². The van der Waals surface area contributed by atoms with Gasteiger partial charge in [0, 0.05) is 34.3 Å². The summed E-state index contributed by atoms with van der Waals surface area (Å²) in [6.45, 7) is 1.52. The highest BCUT2D eigenvalue weighted by molar-refractivity contribution is 6.33. The van der Waals surface area contributed by atoms with Crippen LogP contribution in [0.25, 0.3) is 22.1 Å². The SMILES string of the molecule is CC(Oc1ccc2c(-c3ccc(F)cc3Cl)cc(=O)oc2c1)C(=O)Nc1cccc(C(=O)O)c1. The lowest BCUT2D eigenvalue weighted by atomic mass is 10.0. The summed E-state index contributed by atoms with van der Waals surface area (Å²) in [5, 5.41) is 12.4. The summed E-state index contributed by atoms with van der Waals surface area (Å²) in [4.78, 5) is 35.8. The Morgan fingerprint density at radius 1 is 1.06 bits per heavy atom. The molecular weight excluding hydrogens is 465 g/mol. The van der Waals surface area contributed by atoms with Crippen LogP contribution in [0.4, 0.5) is 10.1 Å². The Morgan fingerprint density at radius 2 is 1.85 bits per heavy atom. The molecule has 34 heavy (non-hydrogen) atoms. The second-order valence-electron chi connectivity index (χ2n) is 7.40. The molecule has 1 aromatic heterocycles. The van der Waals surface area contributed by atoms with Gasteiger partial charge in [0.2, 0.25) is 0 Å². The number of carbonyl (C=O) groups is 2. The fourth-order valence-corrected chi connectivity index (χ4v) is 3.65. The van der Waals surface area contributed by atoms with Crippen molar-refractivity contribution >= 4 is 40.1 Å². The highest BCUT2D eigenvalue weighted by Gasteiger charge is 2.17. The first-order valence-electron chi connectivity index (χ1n) is 10.1. The number of carbonyl (C=O) groups excluding carboxylic acids is 1. The average Bonchev–Trinajstić information content (AvgIpc) is 2.78. The average molecular weight is 482 g/mol. The number of ether oxygens (including phenoxy) is 1. The zero-order valence-corrected chi connectivity index (χ0v) is 18.4. The van der Waals surface area contributed by atoms with Crippen molar-refractivity contribution < 1.29 is 28.2 Å². The molecule has 7 nitrogen and oxygen atoms in total. The molecule has 0 fully saturated rings. The second kappa shape index (κ2) is 9.36. The number of halogens is 2. The number of hydrogen-bond donors (Lipinski definition) is 2. The maximum Gasteiger partial charge on any atom is 0.336 e. The molecule has 0 spiro atoms. The fraction of sp³-hybridized carbons (Fsp3) is 0.0800.